The van der Waals surface area contributed by atoms with E-state index in [2.05, 4.69) is 21.2 Å². The molecule has 0 saturated carbocycles. The van der Waals surface area contributed by atoms with Crippen molar-refractivity contribution in [3.63, 3.8) is 0 Å². The minimum absolute atomic E-state index is 0.0242. The first kappa shape index (κ1) is 26.0. The van der Waals surface area contributed by atoms with E-state index in [9.17, 15) is 10.1 Å². The van der Waals surface area contributed by atoms with Gasteiger partial charge in [-0.05, 0) is 87.2 Å². The summed E-state index contributed by atoms with van der Waals surface area (Å²) in [6.45, 7) is 0.810. The van der Waals surface area contributed by atoms with Gasteiger partial charge in [0.15, 0.2) is 0 Å². The molecule has 0 spiro atoms. The van der Waals surface area contributed by atoms with E-state index in [-0.39, 0.29) is 5.57 Å². The number of carbonyl (C=O) groups is 1. The summed E-state index contributed by atoms with van der Waals surface area (Å²) in [4.78, 5) is 12.7. The first-order valence-corrected chi connectivity index (χ1v) is 12.5. The lowest BCUT2D eigenvalue weighted by molar-refractivity contribution is -0.112. The van der Waals surface area contributed by atoms with Crippen LogP contribution < -0.4 is 14.8 Å². The van der Waals surface area contributed by atoms with E-state index in [1.165, 1.54) is 6.08 Å². The Hall–Kier alpha value is -4.05. The van der Waals surface area contributed by atoms with Crippen LogP contribution in [0.3, 0.4) is 0 Å². The largest absolute Gasteiger partial charge is 0.489 e. The molecule has 1 N–H and O–H groups in total. The summed E-state index contributed by atoms with van der Waals surface area (Å²) in [5.41, 5.74) is 3.23. The van der Waals surface area contributed by atoms with Crippen LogP contribution >= 0.6 is 27.5 Å². The van der Waals surface area contributed by atoms with Gasteiger partial charge in [-0.2, -0.15) is 5.26 Å². The molecule has 4 aromatic rings. The molecule has 0 heterocycles. The fourth-order valence-electron chi connectivity index (χ4n) is 3.40. The fraction of sp³-hybridized carbons (Fsp3) is 0.0667. The van der Waals surface area contributed by atoms with Crippen LogP contribution in [-0.4, -0.2) is 5.91 Å². The number of halogens is 2. The van der Waals surface area contributed by atoms with Gasteiger partial charge in [0.25, 0.3) is 5.91 Å². The monoisotopic (exact) mass is 572 g/mol. The summed E-state index contributed by atoms with van der Waals surface area (Å²) in [5, 5.41) is 13.0. The molecular formula is C30H22BrClN2O3. The van der Waals surface area contributed by atoms with Crippen LogP contribution in [0.15, 0.2) is 107 Å². The second-order valence-corrected chi connectivity index (χ2v) is 9.32. The maximum atomic E-state index is 12.7. The second-order valence-electron chi connectivity index (χ2n) is 8.03. The van der Waals surface area contributed by atoms with Crippen LogP contribution in [0.1, 0.15) is 16.7 Å². The number of nitrogens with zero attached hydrogens (tertiary/aromatic N) is 1. The van der Waals surface area contributed by atoms with Crippen molar-refractivity contribution in [2.75, 3.05) is 5.32 Å². The van der Waals surface area contributed by atoms with Gasteiger partial charge in [-0.3, -0.25) is 4.79 Å². The van der Waals surface area contributed by atoms with Gasteiger partial charge >= 0.3 is 0 Å². The van der Waals surface area contributed by atoms with Gasteiger partial charge in [0.2, 0.25) is 0 Å². The molecular weight excluding hydrogens is 552 g/mol. The summed E-state index contributed by atoms with van der Waals surface area (Å²) in [7, 11) is 0. The first-order valence-electron chi connectivity index (χ1n) is 11.4. The Morgan fingerprint density at radius 1 is 0.892 bits per heavy atom. The number of ether oxygens (including phenoxy) is 2. The third-order valence-corrected chi connectivity index (χ3v) is 6.13. The lowest BCUT2D eigenvalue weighted by Crippen LogP contribution is -2.13. The van der Waals surface area contributed by atoms with E-state index in [4.69, 9.17) is 21.1 Å². The Morgan fingerprint density at radius 3 is 2.32 bits per heavy atom. The molecule has 0 saturated heterocycles. The van der Waals surface area contributed by atoms with Crippen molar-refractivity contribution in [1.29, 1.82) is 5.26 Å². The van der Waals surface area contributed by atoms with Crippen LogP contribution in [0, 0.1) is 11.3 Å². The highest BCUT2D eigenvalue weighted by molar-refractivity contribution is 9.10. The molecule has 0 aliphatic rings. The predicted octanol–water partition coefficient (Wildman–Crippen LogP) is 7.81. The Labute approximate surface area is 229 Å². The van der Waals surface area contributed by atoms with Crippen LogP contribution in [0.5, 0.6) is 11.5 Å². The molecule has 0 atom stereocenters. The number of benzene rings is 4. The number of nitrogens with one attached hydrogen (secondary N) is 1. The van der Waals surface area contributed by atoms with E-state index >= 15 is 0 Å². The Kier molecular flexibility index (Phi) is 8.98. The molecule has 0 aliphatic carbocycles. The van der Waals surface area contributed by atoms with Gasteiger partial charge in [-0.25, -0.2) is 0 Å². The zero-order chi connectivity index (χ0) is 26.0. The van der Waals surface area contributed by atoms with Gasteiger partial charge in [-0.1, -0.05) is 60.1 Å². The van der Waals surface area contributed by atoms with Gasteiger partial charge in [0.05, 0.1) is 4.47 Å². The van der Waals surface area contributed by atoms with Crippen molar-refractivity contribution in [2.45, 2.75) is 13.2 Å². The zero-order valence-electron chi connectivity index (χ0n) is 19.7. The lowest BCUT2D eigenvalue weighted by Gasteiger charge is -2.10. The van der Waals surface area contributed by atoms with Crippen molar-refractivity contribution in [3.8, 4) is 17.6 Å². The lowest BCUT2D eigenvalue weighted by atomic mass is 10.1. The number of carbonyl (C=O) groups excluding carboxylic acids is 1. The number of anilines is 1. The quantitative estimate of drug-likeness (QED) is 0.164. The van der Waals surface area contributed by atoms with Crippen molar-refractivity contribution < 1.29 is 14.3 Å². The summed E-state index contributed by atoms with van der Waals surface area (Å²) in [5.74, 6) is 0.813. The normalized spacial score (nSPS) is 10.9. The molecule has 4 aromatic carbocycles. The number of hydrogen-bond donors (Lipinski definition) is 1. The SMILES string of the molecule is N#C/C(=C\c1ccc(OCc2cccc(Cl)c2)c(Br)c1)C(=O)Nc1ccc(OCc2ccccc2)cc1. The zero-order valence-corrected chi connectivity index (χ0v) is 22.0. The average Bonchev–Trinajstić information content (AvgIpc) is 2.91. The highest BCUT2D eigenvalue weighted by Crippen LogP contribution is 2.28. The summed E-state index contributed by atoms with van der Waals surface area (Å²) < 4.78 is 12.3. The number of rotatable bonds is 9. The van der Waals surface area contributed by atoms with Gasteiger partial charge in [0.1, 0.15) is 36.4 Å². The standard InChI is InChI=1S/C30H22BrClN2O3/c31-28-17-22(9-14-29(28)37-20-23-7-4-8-25(32)16-23)15-24(18-33)30(35)34-26-10-12-27(13-11-26)36-19-21-5-2-1-3-6-21/h1-17H,19-20H2,(H,34,35)/b24-15+. The third kappa shape index (κ3) is 7.71. The van der Waals surface area contributed by atoms with E-state index in [1.54, 1.807) is 42.5 Å². The maximum absolute atomic E-state index is 12.7. The van der Waals surface area contributed by atoms with Crippen LogP contribution in [-0.2, 0) is 18.0 Å². The Morgan fingerprint density at radius 2 is 1.62 bits per heavy atom. The smallest absolute Gasteiger partial charge is 0.266 e. The fourth-order valence-corrected chi connectivity index (χ4v) is 4.12. The highest BCUT2D eigenvalue weighted by atomic mass is 79.9. The maximum Gasteiger partial charge on any atom is 0.266 e. The van der Waals surface area contributed by atoms with Crippen LogP contribution in [0.2, 0.25) is 5.02 Å². The molecule has 0 aromatic heterocycles. The second kappa shape index (κ2) is 12.8. The molecule has 184 valence electrons. The highest BCUT2D eigenvalue weighted by Gasteiger charge is 2.11. The van der Waals surface area contributed by atoms with E-state index in [0.29, 0.717) is 45.5 Å². The minimum Gasteiger partial charge on any atom is -0.489 e. The minimum atomic E-state index is -0.502. The van der Waals surface area contributed by atoms with Crippen LogP contribution in [0.4, 0.5) is 5.69 Å². The van der Waals surface area contributed by atoms with Crippen molar-refractivity contribution >= 4 is 45.2 Å². The first-order chi connectivity index (χ1) is 18.0. The summed E-state index contributed by atoms with van der Waals surface area (Å²) in [6, 6.07) is 31.6. The van der Waals surface area contributed by atoms with E-state index < -0.39 is 5.91 Å². The molecule has 0 aliphatic heterocycles. The van der Waals surface area contributed by atoms with Crippen LogP contribution in [0.25, 0.3) is 6.08 Å². The van der Waals surface area contributed by atoms with E-state index in [0.717, 1.165) is 11.1 Å². The van der Waals surface area contributed by atoms with Gasteiger partial charge < -0.3 is 14.8 Å². The molecule has 4 rings (SSSR count). The topological polar surface area (TPSA) is 71.3 Å². The van der Waals surface area contributed by atoms with Crippen molar-refractivity contribution in [3.05, 3.63) is 129 Å². The molecule has 0 unspecified atom stereocenters. The van der Waals surface area contributed by atoms with Gasteiger partial charge in [-0.15, -0.1) is 0 Å². The molecule has 7 heteroatoms. The number of hydrogen-bond acceptors (Lipinski definition) is 4. The number of amides is 1. The summed E-state index contributed by atoms with van der Waals surface area (Å²) in [6.07, 6.45) is 1.53. The average molecular weight is 574 g/mol. The van der Waals surface area contributed by atoms with Gasteiger partial charge in [0, 0.05) is 10.7 Å². The van der Waals surface area contributed by atoms with E-state index in [1.807, 2.05) is 60.7 Å². The molecule has 0 radical (unpaired) electrons. The van der Waals surface area contributed by atoms with Crippen molar-refractivity contribution in [2.24, 2.45) is 0 Å². The number of nitriles is 1. The molecule has 0 fully saturated rings. The Balaban J connectivity index is 1.36. The predicted molar refractivity (Wildman–Crippen MR) is 149 cm³/mol. The molecule has 0 bridgehead atoms. The Bertz CT molecular complexity index is 1450. The third-order valence-electron chi connectivity index (χ3n) is 5.28. The molecule has 1 amide bonds. The van der Waals surface area contributed by atoms with Crippen molar-refractivity contribution in [1.82, 2.24) is 0 Å². The molecule has 37 heavy (non-hydrogen) atoms. The summed E-state index contributed by atoms with van der Waals surface area (Å²) >= 11 is 9.52. The molecule has 5 nitrogen and oxygen atoms in total.